The summed E-state index contributed by atoms with van der Waals surface area (Å²) >= 11 is 0. The lowest BCUT2D eigenvalue weighted by Crippen LogP contribution is -2.49. The predicted octanol–water partition coefficient (Wildman–Crippen LogP) is 2.33. The summed E-state index contributed by atoms with van der Waals surface area (Å²) in [7, 11) is 0. The van der Waals surface area contributed by atoms with Crippen molar-refractivity contribution in [2.75, 3.05) is 0 Å². The fourth-order valence-corrected chi connectivity index (χ4v) is 2.67. The number of aliphatic carboxylic acids is 2. The molecular weight excluding hydrogens is 397 g/mol. The largest absolute Gasteiger partial charge is 0.490 e. The van der Waals surface area contributed by atoms with E-state index in [0.717, 1.165) is 24.0 Å². The van der Waals surface area contributed by atoms with Crippen LogP contribution in [0.15, 0.2) is 30.3 Å². The van der Waals surface area contributed by atoms with Crippen LogP contribution in [-0.4, -0.2) is 45.0 Å². The number of hydrogen-bond acceptors (Lipinski definition) is 5. The lowest BCUT2D eigenvalue weighted by molar-refractivity contribution is -0.192. The van der Waals surface area contributed by atoms with E-state index < -0.39 is 29.6 Å². The number of carbonyl (C=O) groups is 3. The van der Waals surface area contributed by atoms with Crippen molar-refractivity contribution >= 4 is 23.9 Å². The lowest BCUT2D eigenvalue weighted by Gasteiger charge is -2.25. The van der Waals surface area contributed by atoms with Crippen LogP contribution in [0.3, 0.4) is 0 Å². The predicted molar refractivity (Wildman–Crippen MR) is 94.8 cm³/mol. The van der Waals surface area contributed by atoms with Crippen molar-refractivity contribution in [2.24, 2.45) is 0 Å². The molecule has 0 radical (unpaired) electrons. The van der Waals surface area contributed by atoms with Gasteiger partial charge in [-0.15, -0.1) is 0 Å². The summed E-state index contributed by atoms with van der Waals surface area (Å²) in [6.07, 6.45) is 0.939. The molecule has 1 aromatic rings. The van der Waals surface area contributed by atoms with E-state index >= 15 is 0 Å². The van der Waals surface area contributed by atoms with Crippen molar-refractivity contribution in [2.45, 2.75) is 43.9 Å². The molecule has 1 fully saturated rings. The van der Waals surface area contributed by atoms with Gasteiger partial charge < -0.3 is 10.2 Å². The maximum atomic E-state index is 11.4. The highest BCUT2D eigenvalue weighted by Crippen LogP contribution is 2.30. The van der Waals surface area contributed by atoms with E-state index in [1.54, 1.807) is 6.08 Å². The molecule has 1 aromatic carbocycles. The van der Waals surface area contributed by atoms with Gasteiger partial charge in [0.2, 0.25) is 0 Å². The molecule has 0 aromatic heterocycles. The zero-order chi connectivity index (χ0) is 22.1. The number of amides is 1. The second-order valence-corrected chi connectivity index (χ2v) is 6.30. The highest BCUT2D eigenvalue weighted by Gasteiger charge is 2.40. The third kappa shape index (κ3) is 7.92. The molecule has 0 unspecified atom stereocenters. The number of nitrogens with one attached hydrogen (secondary N) is 2. The minimum Gasteiger partial charge on any atom is -0.480 e. The van der Waals surface area contributed by atoms with Gasteiger partial charge in [0.1, 0.15) is 5.54 Å². The molecule has 5 N–H and O–H groups in total. The Morgan fingerprint density at radius 3 is 2.00 bits per heavy atom. The van der Waals surface area contributed by atoms with Crippen LogP contribution >= 0.6 is 0 Å². The first-order chi connectivity index (χ1) is 13.5. The number of hydroxylamine groups is 1. The molecule has 0 heterocycles. The van der Waals surface area contributed by atoms with Gasteiger partial charge in [0.15, 0.2) is 0 Å². The fraction of sp³-hybridized carbons (Fsp3) is 0.389. The molecule has 1 saturated carbocycles. The molecular formula is C18H21F3N2O6. The summed E-state index contributed by atoms with van der Waals surface area (Å²) in [4.78, 5) is 31.2. The van der Waals surface area contributed by atoms with E-state index in [0.29, 0.717) is 19.4 Å². The molecule has 2 rings (SSSR count). The van der Waals surface area contributed by atoms with Crippen LogP contribution in [0.5, 0.6) is 0 Å². The van der Waals surface area contributed by atoms with Crippen molar-refractivity contribution < 1.29 is 43.0 Å². The van der Waals surface area contributed by atoms with E-state index in [4.69, 9.17) is 15.1 Å². The number of alkyl halides is 3. The van der Waals surface area contributed by atoms with Gasteiger partial charge in [-0.3, -0.25) is 20.1 Å². The van der Waals surface area contributed by atoms with E-state index in [-0.39, 0.29) is 0 Å². The topological polar surface area (TPSA) is 136 Å². The Bertz CT molecular complexity index is 741. The van der Waals surface area contributed by atoms with Gasteiger partial charge in [-0.25, -0.2) is 10.3 Å². The number of carboxylic acids is 2. The quantitative estimate of drug-likeness (QED) is 0.272. The molecule has 1 aliphatic carbocycles. The molecule has 0 spiro atoms. The van der Waals surface area contributed by atoms with E-state index in [2.05, 4.69) is 5.32 Å². The Balaban J connectivity index is 0.000000516. The molecule has 0 atom stereocenters. The maximum Gasteiger partial charge on any atom is 0.490 e. The van der Waals surface area contributed by atoms with Crippen LogP contribution < -0.4 is 10.8 Å². The van der Waals surface area contributed by atoms with Gasteiger partial charge in [0, 0.05) is 12.6 Å². The third-order valence-corrected chi connectivity index (χ3v) is 4.26. The SMILES string of the molecule is O=C(C=Cc1ccc(CNC2(C(=O)O)CCCC2)cc1)NO.O=C(O)C(F)(F)F. The second-order valence-electron chi connectivity index (χ2n) is 6.30. The minimum absolute atomic E-state index is 0.493. The van der Waals surface area contributed by atoms with E-state index in [1.165, 1.54) is 11.6 Å². The normalized spacial score (nSPS) is 15.4. The molecule has 160 valence electrons. The average Bonchev–Trinajstić information content (AvgIpc) is 3.15. The summed E-state index contributed by atoms with van der Waals surface area (Å²) in [6, 6.07) is 7.43. The fourth-order valence-electron chi connectivity index (χ4n) is 2.67. The van der Waals surface area contributed by atoms with Crippen molar-refractivity contribution in [1.29, 1.82) is 0 Å². The summed E-state index contributed by atoms with van der Waals surface area (Å²) in [5.41, 5.74) is 2.53. The number of hydrogen-bond donors (Lipinski definition) is 5. The second kappa shape index (κ2) is 10.6. The summed E-state index contributed by atoms with van der Waals surface area (Å²) in [6.45, 7) is 0.493. The van der Waals surface area contributed by atoms with Crippen LogP contribution in [0, 0.1) is 0 Å². The van der Waals surface area contributed by atoms with Gasteiger partial charge in [-0.05, 0) is 30.0 Å². The van der Waals surface area contributed by atoms with Gasteiger partial charge in [-0.1, -0.05) is 37.1 Å². The molecule has 29 heavy (non-hydrogen) atoms. The highest BCUT2D eigenvalue weighted by molar-refractivity contribution is 5.90. The van der Waals surface area contributed by atoms with E-state index in [1.807, 2.05) is 24.3 Å². The Morgan fingerprint density at radius 2 is 1.59 bits per heavy atom. The number of benzene rings is 1. The first kappa shape index (κ1) is 24.1. The summed E-state index contributed by atoms with van der Waals surface area (Å²) < 4.78 is 31.7. The maximum absolute atomic E-state index is 11.4. The number of halogens is 3. The molecule has 1 amide bonds. The number of carbonyl (C=O) groups excluding carboxylic acids is 1. The first-order valence-corrected chi connectivity index (χ1v) is 8.50. The number of carboxylic acid groups (broad SMARTS) is 2. The summed E-state index contributed by atoms with van der Waals surface area (Å²) in [5.74, 6) is -4.12. The van der Waals surface area contributed by atoms with Crippen LogP contribution in [0.4, 0.5) is 13.2 Å². The molecule has 11 heteroatoms. The van der Waals surface area contributed by atoms with Crippen LogP contribution in [0.2, 0.25) is 0 Å². The molecule has 0 aliphatic heterocycles. The zero-order valence-electron chi connectivity index (χ0n) is 15.2. The number of rotatable bonds is 6. The van der Waals surface area contributed by atoms with Crippen LogP contribution in [-0.2, 0) is 20.9 Å². The van der Waals surface area contributed by atoms with Crippen LogP contribution in [0.1, 0.15) is 36.8 Å². The van der Waals surface area contributed by atoms with Crippen molar-refractivity contribution in [3.8, 4) is 0 Å². The third-order valence-electron chi connectivity index (χ3n) is 4.26. The molecule has 8 nitrogen and oxygen atoms in total. The molecule has 0 bridgehead atoms. The first-order valence-electron chi connectivity index (χ1n) is 8.50. The summed E-state index contributed by atoms with van der Waals surface area (Å²) in [5, 5.41) is 28.1. The van der Waals surface area contributed by atoms with Crippen LogP contribution in [0.25, 0.3) is 6.08 Å². The van der Waals surface area contributed by atoms with Crippen molar-refractivity contribution in [3.63, 3.8) is 0 Å². The van der Waals surface area contributed by atoms with Gasteiger partial charge in [0.25, 0.3) is 5.91 Å². The lowest BCUT2D eigenvalue weighted by atomic mass is 9.97. The standard InChI is InChI=1S/C16H20N2O4.C2HF3O2/c19-14(18-22)8-7-12-3-5-13(6-4-12)11-17-16(15(20)21)9-1-2-10-16;3-2(4,5)1(6)7/h3-8,17,22H,1-2,9-11H2,(H,18,19)(H,20,21);(H,6,7). The van der Waals surface area contributed by atoms with Gasteiger partial charge in [-0.2, -0.15) is 13.2 Å². The monoisotopic (exact) mass is 418 g/mol. The molecule has 0 saturated heterocycles. The Morgan fingerprint density at radius 1 is 1.07 bits per heavy atom. The van der Waals surface area contributed by atoms with Crippen molar-refractivity contribution in [1.82, 2.24) is 10.8 Å². The highest BCUT2D eigenvalue weighted by atomic mass is 19.4. The zero-order valence-corrected chi connectivity index (χ0v) is 15.2. The minimum atomic E-state index is -5.08. The van der Waals surface area contributed by atoms with Gasteiger partial charge >= 0.3 is 18.1 Å². The Labute approximate surface area is 164 Å². The Hall–Kier alpha value is -2.92. The van der Waals surface area contributed by atoms with Crippen molar-refractivity contribution in [3.05, 3.63) is 41.5 Å². The smallest absolute Gasteiger partial charge is 0.480 e. The molecule has 1 aliphatic rings. The van der Waals surface area contributed by atoms with Gasteiger partial charge in [0.05, 0.1) is 0 Å². The average molecular weight is 418 g/mol. The van der Waals surface area contributed by atoms with E-state index in [9.17, 15) is 27.9 Å². The Kier molecular flexibility index (Phi) is 8.80.